The lowest BCUT2D eigenvalue weighted by Crippen LogP contribution is -2.35. The summed E-state index contributed by atoms with van der Waals surface area (Å²) in [5.74, 6) is 0.102. The number of hydrogen-bond donors (Lipinski definition) is 0. The van der Waals surface area contributed by atoms with Crippen LogP contribution in [-0.2, 0) is 11.3 Å². The van der Waals surface area contributed by atoms with E-state index in [1.54, 1.807) is 17.4 Å². The lowest BCUT2D eigenvalue weighted by Gasteiger charge is -2.22. The third-order valence-corrected chi connectivity index (χ3v) is 3.33. The highest BCUT2D eigenvalue weighted by molar-refractivity contribution is 7.09. The predicted octanol–water partition coefficient (Wildman–Crippen LogP) is 2.60. The Hall–Kier alpha value is -1.13. The second-order valence-corrected chi connectivity index (χ2v) is 5.90. The van der Waals surface area contributed by atoms with Gasteiger partial charge in [0, 0.05) is 24.0 Å². The molecule has 0 aliphatic carbocycles. The van der Waals surface area contributed by atoms with Crippen molar-refractivity contribution < 1.29 is 4.79 Å². The molecule has 0 aliphatic heterocycles. The van der Waals surface area contributed by atoms with Gasteiger partial charge in [-0.1, -0.05) is 11.6 Å². The van der Waals surface area contributed by atoms with Gasteiger partial charge in [-0.25, -0.2) is 0 Å². The molecule has 0 fully saturated rings. The number of likely N-dealkylation sites (N-methyl/N-ethyl adjacent to an activating group) is 1. The van der Waals surface area contributed by atoms with Crippen molar-refractivity contribution in [2.45, 2.75) is 20.4 Å². The summed E-state index contributed by atoms with van der Waals surface area (Å²) in [5.41, 5.74) is 1.04. The Morgan fingerprint density at radius 3 is 2.56 bits per heavy atom. The van der Waals surface area contributed by atoms with Gasteiger partial charge in [0.15, 0.2) is 0 Å². The molecule has 0 unspecified atom stereocenters. The minimum atomic E-state index is 0.102. The Bertz CT molecular complexity index is 392. The van der Waals surface area contributed by atoms with Crippen molar-refractivity contribution in [3.05, 3.63) is 34.0 Å². The second kappa shape index (κ2) is 7.34. The van der Waals surface area contributed by atoms with Gasteiger partial charge in [-0.15, -0.1) is 11.3 Å². The summed E-state index contributed by atoms with van der Waals surface area (Å²) >= 11 is 1.69. The summed E-state index contributed by atoms with van der Waals surface area (Å²) in [6.07, 6.45) is 1.71. The maximum atomic E-state index is 12.1. The topological polar surface area (TPSA) is 23.6 Å². The van der Waals surface area contributed by atoms with E-state index < -0.39 is 0 Å². The van der Waals surface area contributed by atoms with Crippen LogP contribution in [0.1, 0.15) is 18.7 Å². The second-order valence-electron chi connectivity index (χ2n) is 4.86. The number of carbonyl (C=O) groups excluding carboxylic acids is 1. The van der Waals surface area contributed by atoms with Crippen LogP contribution in [0.4, 0.5) is 0 Å². The van der Waals surface area contributed by atoms with E-state index in [0.717, 1.165) is 18.7 Å². The van der Waals surface area contributed by atoms with Crippen molar-refractivity contribution >= 4 is 17.2 Å². The number of carbonyl (C=O) groups is 1. The van der Waals surface area contributed by atoms with Crippen LogP contribution in [0.15, 0.2) is 29.2 Å². The van der Waals surface area contributed by atoms with Gasteiger partial charge in [-0.2, -0.15) is 0 Å². The van der Waals surface area contributed by atoms with Gasteiger partial charge in [0.1, 0.15) is 0 Å². The zero-order chi connectivity index (χ0) is 13.5. The average molecular weight is 266 g/mol. The minimum absolute atomic E-state index is 0.102. The molecule has 0 spiro atoms. The van der Waals surface area contributed by atoms with Crippen molar-refractivity contribution in [2.24, 2.45) is 0 Å². The number of allylic oxidation sites excluding steroid dienone is 1. The van der Waals surface area contributed by atoms with Crippen LogP contribution < -0.4 is 0 Å². The molecule has 1 aromatic heterocycles. The van der Waals surface area contributed by atoms with E-state index in [0.29, 0.717) is 6.54 Å². The molecule has 18 heavy (non-hydrogen) atoms. The van der Waals surface area contributed by atoms with E-state index in [9.17, 15) is 4.79 Å². The molecular weight excluding hydrogens is 244 g/mol. The van der Waals surface area contributed by atoms with Crippen LogP contribution in [0.2, 0.25) is 0 Å². The molecule has 1 amide bonds. The standard InChI is InChI=1S/C14H22N2OS/c1-12(2)10-14(17)16(8-7-15(3)4)11-13-6-5-9-18-13/h5-6,9-10H,7-8,11H2,1-4H3. The summed E-state index contributed by atoms with van der Waals surface area (Å²) in [5, 5.41) is 2.05. The highest BCUT2D eigenvalue weighted by Gasteiger charge is 2.12. The summed E-state index contributed by atoms with van der Waals surface area (Å²) in [6, 6.07) is 4.10. The maximum Gasteiger partial charge on any atom is 0.246 e. The Morgan fingerprint density at radius 2 is 2.06 bits per heavy atom. The Morgan fingerprint density at radius 1 is 1.33 bits per heavy atom. The molecule has 0 aliphatic rings. The first-order chi connectivity index (χ1) is 8.49. The Labute approximate surface area is 114 Å². The number of nitrogens with zero attached hydrogens (tertiary/aromatic N) is 2. The van der Waals surface area contributed by atoms with Crippen molar-refractivity contribution in [1.82, 2.24) is 9.80 Å². The number of amides is 1. The summed E-state index contributed by atoms with van der Waals surface area (Å²) < 4.78 is 0. The average Bonchev–Trinajstić information content (AvgIpc) is 2.75. The van der Waals surface area contributed by atoms with Crippen LogP contribution in [-0.4, -0.2) is 42.9 Å². The minimum Gasteiger partial charge on any atom is -0.333 e. The first-order valence-corrected chi connectivity index (χ1v) is 6.98. The molecule has 1 aromatic rings. The summed E-state index contributed by atoms with van der Waals surface area (Å²) in [7, 11) is 4.05. The zero-order valence-electron chi connectivity index (χ0n) is 11.6. The van der Waals surface area contributed by atoms with E-state index in [4.69, 9.17) is 0 Å². The third-order valence-electron chi connectivity index (χ3n) is 2.47. The Balaban J connectivity index is 2.68. The molecule has 0 aromatic carbocycles. The molecule has 0 N–H and O–H groups in total. The molecule has 100 valence electrons. The van der Waals surface area contributed by atoms with Crippen molar-refractivity contribution in [1.29, 1.82) is 0 Å². The quantitative estimate of drug-likeness (QED) is 0.739. The maximum absolute atomic E-state index is 12.1. The molecule has 1 heterocycles. The number of rotatable bonds is 6. The molecule has 3 nitrogen and oxygen atoms in total. The molecular formula is C14H22N2OS. The van der Waals surface area contributed by atoms with Crippen LogP contribution in [0.3, 0.4) is 0 Å². The summed E-state index contributed by atoms with van der Waals surface area (Å²) in [4.78, 5) is 17.4. The first kappa shape index (κ1) is 14.9. The van der Waals surface area contributed by atoms with E-state index in [-0.39, 0.29) is 5.91 Å². The molecule has 0 atom stereocenters. The fraction of sp³-hybridized carbons (Fsp3) is 0.500. The van der Waals surface area contributed by atoms with E-state index in [1.165, 1.54) is 4.88 Å². The molecule has 0 saturated carbocycles. The fourth-order valence-corrected chi connectivity index (χ4v) is 2.24. The smallest absolute Gasteiger partial charge is 0.246 e. The third kappa shape index (κ3) is 5.47. The van der Waals surface area contributed by atoms with Crippen LogP contribution in [0.5, 0.6) is 0 Å². The van der Waals surface area contributed by atoms with Crippen LogP contribution in [0, 0.1) is 0 Å². The van der Waals surface area contributed by atoms with E-state index in [1.807, 2.05) is 44.3 Å². The van der Waals surface area contributed by atoms with Crippen LogP contribution in [0.25, 0.3) is 0 Å². The highest BCUT2D eigenvalue weighted by Crippen LogP contribution is 2.12. The first-order valence-electron chi connectivity index (χ1n) is 6.10. The van der Waals surface area contributed by atoms with Gasteiger partial charge < -0.3 is 9.80 Å². The van der Waals surface area contributed by atoms with Gasteiger partial charge >= 0.3 is 0 Å². The molecule has 0 saturated heterocycles. The van der Waals surface area contributed by atoms with Gasteiger partial charge in [-0.3, -0.25) is 4.79 Å². The van der Waals surface area contributed by atoms with Gasteiger partial charge in [0.25, 0.3) is 0 Å². The van der Waals surface area contributed by atoms with Crippen molar-refractivity contribution in [3.8, 4) is 0 Å². The number of thiophene rings is 1. The van der Waals surface area contributed by atoms with Gasteiger partial charge in [0.05, 0.1) is 6.54 Å². The van der Waals surface area contributed by atoms with E-state index in [2.05, 4.69) is 11.0 Å². The molecule has 1 rings (SSSR count). The fourth-order valence-electron chi connectivity index (χ4n) is 1.52. The monoisotopic (exact) mass is 266 g/mol. The normalized spacial score (nSPS) is 10.5. The zero-order valence-corrected chi connectivity index (χ0v) is 12.5. The molecule has 0 radical (unpaired) electrons. The molecule has 0 bridgehead atoms. The summed E-state index contributed by atoms with van der Waals surface area (Å²) in [6.45, 7) is 6.25. The predicted molar refractivity (Wildman–Crippen MR) is 77.7 cm³/mol. The largest absolute Gasteiger partial charge is 0.333 e. The van der Waals surface area contributed by atoms with Gasteiger partial charge in [-0.05, 0) is 39.4 Å². The highest BCUT2D eigenvalue weighted by atomic mass is 32.1. The van der Waals surface area contributed by atoms with Gasteiger partial charge in [0.2, 0.25) is 5.91 Å². The van der Waals surface area contributed by atoms with Crippen LogP contribution >= 0.6 is 11.3 Å². The van der Waals surface area contributed by atoms with Crippen molar-refractivity contribution in [3.63, 3.8) is 0 Å². The Kier molecular flexibility index (Phi) is 6.09. The lowest BCUT2D eigenvalue weighted by molar-refractivity contribution is -0.126. The van der Waals surface area contributed by atoms with Crippen molar-refractivity contribution in [2.75, 3.05) is 27.2 Å². The molecule has 4 heteroatoms. The SMILES string of the molecule is CC(C)=CC(=O)N(CCN(C)C)Cc1cccs1. The lowest BCUT2D eigenvalue weighted by atomic mass is 10.3. The van der Waals surface area contributed by atoms with E-state index >= 15 is 0 Å². The number of hydrogen-bond acceptors (Lipinski definition) is 3.